The highest BCUT2D eigenvalue weighted by Crippen LogP contribution is 2.27. The minimum atomic E-state index is 0.697. The average molecular weight is 378 g/mol. The zero-order chi connectivity index (χ0) is 17.9. The molecule has 0 saturated heterocycles. The number of nitrogens with zero attached hydrogens (tertiary/aromatic N) is 3. The van der Waals surface area contributed by atoms with Crippen molar-refractivity contribution in [3.8, 4) is 28.5 Å². The molecule has 1 aromatic heterocycles. The Kier molecular flexibility index (Phi) is 4.78. The van der Waals surface area contributed by atoms with E-state index < -0.39 is 0 Å². The second kappa shape index (κ2) is 7.36. The maximum Gasteiger partial charge on any atom is 0.182 e. The molecule has 5 heteroatoms. The zero-order valence-corrected chi connectivity index (χ0v) is 15.7. The number of benzene rings is 3. The van der Waals surface area contributed by atoms with Crippen LogP contribution in [0, 0.1) is 0 Å². The van der Waals surface area contributed by atoms with Gasteiger partial charge in [-0.15, -0.1) is 16.9 Å². The van der Waals surface area contributed by atoms with E-state index in [1.807, 2.05) is 59.3 Å². The van der Waals surface area contributed by atoms with Gasteiger partial charge in [-0.05, 0) is 42.7 Å². The molecule has 0 atom stereocenters. The van der Waals surface area contributed by atoms with E-state index in [1.54, 1.807) is 11.8 Å². The van der Waals surface area contributed by atoms with Crippen molar-refractivity contribution in [1.82, 2.24) is 14.8 Å². The molecule has 1 heterocycles. The summed E-state index contributed by atoms with van der Waals surface area (Å²) in [4.78, 5) is 6.03. The van der Waals surface area contributed by atoms with Gasteiger partial charge in [0.1, 0.15) is 0 Å². The fourth-order valence-corrected chi connectivity index (χ4v) is 3.25. The van der Waals surface area contributed by atoms with Crippen molar-refractivity contribution in [3.63, 3.8) is 0 Å². The third kappa shape index (κ3) is 3.39. The van der Waals surface area contributed by atoms with Crippen LogP contribution in [0.2, 0.25) is 5.02 Å². The first-order valence-electron chi connectivity index (χ1n) is 8.17. The van der Waals surface area contributed by atoms with Crippen LogP contribution in [0.1, 0.15) is 0 Å². The highest BCUT2D eigenvalue weighted by molar-refractivity contribution is 7.98. The van der Waals surface area contributed by atoms with Crippen molar-refractivity contribution in [2.45, 2.75) is 4.90 Å². The van der Waals surface area contributed by atoms with Gasteiger partial charge in [0.05, 0.1) is 5.69 Å². The Morgan fingerprint density at radius 2 is 1.50 bits per heavy atom. The molecule has 3 nitrogen and oxygen atoms in total. The van der Waals surface area contributed by atoms with Crippen LogP contribution in [0.3, 0.4) is 0 Å². The minimum Gasteiger partial charge on any atom is -0.213 e. The molecule has 26 heavy (non-hydrogen) atoms. The van der Waals surface area contributed by atoms with Crippen LogP contribution >= 0.6 is 23.4 Å². The molecule has 4 aromatic rings. The maximum atomic E-state index is 6.04. The number of thioether (sulfide) groups is 1. The van der Waals surface area contributed by atoms with Gasteiger partial charge in [0.25, 0.3) is 0 Å². The molecule has 0 unspecified atom stereocenters. The smallest absolute Gasteiger partial charge is 0.182 e. The van der Waals surface area contributed by atoms with Gasteiger partial charge < -0.3 is 0 Å². The van der Waals surface area contributed by atoms with E-state index in [2.05, 4.69) is 30.5 Å². The molecule has 0 bridgehead atoms. The summed E-state index contributed by atoms with van der Waals surface area (Å²) in [7, 11) is 0. The molecule has 128 valence electrons. The Balaban J connectivity index is 1.87. The van der Waals surface area contributed by atoms with Crippen molar-refractivity contribution < 1.29 is 0 Å². The van der Waals surface area contributed by atoms with Gasteiger partial charge in [0, 0.05) is 21.0 Å². The Morgan fingerprint density at radius 3 is 2.15 bits per heavy atom. The Labute approximate surface area is 161 Å². The molecule has 0 aliphatic carbocycles. The lowest BCUT2D eigenvalue weighted by atomic mass is 10.2. The Hall–Kier alpha value is -2.56. The lowest BCUT2D eigenvalue weighted by molar-refractivity contribution is 0.890. The predicted octanol–water partition coefficient (Wildman–Crippen LogP) is 5.98. The van der Waals surface area contributed by atoms with Crippen LogP contribution in [-0.2, 0) is 0 Å². The number of rotatable bonds is 4. The number of aromatic nitrogens is 3. The van der Waals surface area contributed by atoms with Crippen LogP contribution in [0.15, 0.2) is 83.8 Å². The van der Waals surface area contributed by atoms with E-state index >= 15 is 0 Å². The number of halogens is 1. The van der Waals surface area contributed by atoms with Gasteiger partial charge in [0.15, 0.2) is 11.6 Å². The molecule has 0 amide bonds. The monoisotopic (exact) mass is 377 g/mol. The van der Waals surface area contributed by atoms with Crippen LogP contribution < -0.4 is 0 Å². The van der Waals surface area contributed by atoms with E-state index in [0.717, 1.165) is 22.6 Å². The molecule has 0 aliphatic rings. The molecule has 4 rings (SSSR count). The van der Waals surface area contributed by atoms with Crippen molar-refractivity contribution in [2.75, 3.05) is 6.26 Å². The largest absolute Gasteiger partial charge is 0.213 e. The quantitative estimate of drug-likeness (QED) is 0.410. The van der Waals surface area contributed by atoms with Gasteiger partial charge in [-0.2, -0.15) is 0 Å². The molecule has 0 spiro atoms. The Bertz CT molecular complexity index is 1010. The normalized spacial score (nSPS) is 10.8. The lowest BCUT2D eigenvalue weighted by Crippen LogP contribution is -1.99. The van der Waals surface area contributed by atoms with Gasteiger partial charge in [-0.25, -0.2) is 9.67 Å². The van der Waals surface area contributed by atoms with Gasteiger partial charge >= 0.3 is 0 Å². The molecule has 3 aromatic carbocycles. The summed E-state index contributed by atoms with van der Waals surface area (Å²) in [6.45, 7) is 0. The first-order valence-corrected chi connectivity index (χ1v) is 9.78. The maximum absolute atomic E-state index is 6.04. The lowest BCUT2D eigenvalue weighted by Gasteiger charge is -2.06. The van der Waals surface area contributed by atoms with E-state index in [0.29, 0.717) is 10.8 Å². The molecule has 0 saturated carbocycles. The topological polar surface area (TPSA) is 30.7 Å². The van der Waals surface area contributed by atoms with Crippen LogP contribution in [0.25, 0.3) is 28.5 Å². The summed E-state index contributed by atoms with van der Waals surface area (Å²) in [5.41, 5.74) is 2.93. The van der Waals surface area contributed by atoms with E-state index in [-0.39, 0.29) is 0 Å². The average Bonchev–Trinajstić information content (AvgIpc) is 3.15. The van der Waals surface area contributed by atoms with E-state index in [9.17, 15) is 0 Å². The fourth-order valence-electron chi connectivity index (χ4n) is 2.71. The van der Waals surface area contributed by atoms with Crippen molar-refractivity contribution in [1.29, 1.82) is 0 Å². The van der Waals surface area contributed by atoms with Crippen LogP contribution in [0.4, 0.5) is 0 Å². The minimum absolute atomic E-state index is 0.697. The van der Waals surface area contributed by atoms with Gasteiger partial charge in [-0.3, -0.25) is 0 Å². The van der Waals surface area contributed by atoms with E-state index in [4.69, 9.17) is 21.7 Å². The number of hydrogen-bond donors (Lipinski definition) is 0. The second-order valence-corrected chi connectivity index (χ2v) is 7.06. The van der Waals surface area contributed by atoms with Crippen molar-refractivity contribution in [2.24, 2.45) is 0 Å². The van der Waals surface area contributed by atoms with Crippen molar-refractivity contribution in [3.05, 3.63) is 83.9 Å². The van der Waals surface area contributed by atoms with Gasteiger partial charge in [0.2, 0.25) is 0 Å². The SMILES string of the molecule is CSc1ccc(-c2nc(-c3ccccc3)nn2-c2ccc(Cl)cc2)cc1. The summed E-state index contributed by atoms with van der Waals surface area (Å²) in [5.74, 6) is 1.50. The summed E-state index contributed by atoms with van der Waals surface area (Å²) in [5, 5.41) is 5.45. The molecular formula is C21H16ClN3S. The fraction of sp³-hybridized carbons (Fsp3) is 0.0476. The van der Waals surface area contributed by atoms with Crippen LogP contribution in [0.5, 0.6) is 0 Å². The first-order chi connectivity index (χ1) is 12.7. The summed E-state index contributed by atoms with van der Waals surface area (Å²) in [6.07, 6.45) is 2.07. The first kappa shape index (κ1) is 16.9. The molecule has 0 aliphatic heterocycles. The predicted molar refractivity (Wildman–Crippen MR) is 109 cm³/mol. The van der Waals surface area contributed by atoms with Crippen molar-refractivity contribution >= 4 is 23.4 Å². The van der Waals surface area contributed by atoms with Crippen LogP contribution in [-0.4, -0.2) is 21.0 Å². The summed E-state index contributed by atoms with van der Waals surface area (Å²) >= 11 is 7.76. The standard InChI is InChI=1S/C21H16ClN3S/c1-26-19-13-7-16(8-14-19)21-23-20(15-5-3-2-4-6-15)24-25(21)18-11-9-17(22)10-12-18/h2-14H,1H3. The molecular weight excluding hydrogens is 362 g/mol. The van der Waals surface area contributed by atoms with Gasteiger partial charge in [-0.1, -0.05) is 54.1 Å². The summed E-state index contributed by atoms with van der Waals surface area (Å²) < 4.78 is 1.87. The Morgan fingerprint density at radius 1 is 0.808 bits per heavy atom. The summed E-state index contributed by atoms with van der Waals surface area (Å²) in [6, 6.07) is 26.0. The second-order valence-electron chi connectivity index (χ2n) is 5.74. The molecule has 0 N–H and O–H groups in total. The highest BCUT2D eigenvalue weighted by atomic mass is 35.5. The highest BCUT2D eigenvalue weighted by Gasteiger charge is 2.15. The zero-order valence-electron chi connectivity index (χ0n) is 14.1. The molecule has 0 fully saturated rings. The third-order valence-corrected chi connectivity index (χ3v) is 5.05. The number of hydrogen-bond acceptors (Lipinski definition) is 3. The van der Waals surface area contributed by atoms with E-state index in [1.165, 1.54) is 4.90 Å². The molecule has 0 radical (unpaired) electrons. The third-order valence-electron chi connectivity index (χ3n) is 4.06.